The predicted molar refractivity (Wildman–Crippen MR) is 60.0 cm³/mol. The fourth-order valence-electron chi connectivity index (χ4n) is 1.19. The number of nitrogens with two attached hydrogens (primary N) is 1. The molecule has 14 heavy (non-hydrogen) atoms. The highest BCUT2D eigenvalue weighted by Gasteiger charge is 2.41. The summed E-state index contributed by atoms with van der Waals surface area (Å²) in [5.74, 6) is 0.117. The van der Waals surface area contributed by atoms with Gasteiger partial charge in [0.1, 0.15) is 0 Å². The number of amides is 1. The van der Waals surface area contributed by atoms with Crippen LogP contribution >= 0.6 is 0 Å². The first-order chi connectivity index (χ1) is 6.14. The Bertz CT molecular complexity index is 204. The lowest BCUT2D eigenvalue weighted by atomic mass is 9.74. The molecule has 0 atom stereocenters. The minimum atomic E-state index is -0.517. The van der Waals surface area contributed by atoms with E-state index in [2.05, 4.69) is 6.92 Å². The van der Waals surface area contributed by atoms with Gasteiger partial charge in [0.25, 0.3) is 0 Å². The Morgan fingerprint density at radius 2 is 1.71 bits per heavy atom. The van der Waals surface area contributed by atoms with Gasteiger partial charge in [-0.05, 0) is 34.1 Å². The van der Waals surface area contributed by atoms with E-state index < -0.39 is 11.0 Å². The zero-order chi connectivity index (χ0) is 11.6. The van der Waals surface area contributed by atoms with Crippen molar-refractivity contribution in [3.8, 4) is 0 Å². The van der Waals surface area contributed by atoms with Gasteiger partial charge >= 0.3 is 0 Å². The summed E-state index contributed by atoms with van der Waals surface area (Å²) >= 11 is 0. The molecule has 84 valence electrons. The van der Waals surface area contributed by atoms with Crippen molar-refractivity contribution < 1.29 is 4.79 Å². The number of nitrogens with zero attached hydrogens (tertiary/aromatic N) is 1. The summed E-state index contributed by atoms with van der Waals surface area (Å²) in [6.45, 7) is 10.4. The monoisotopic (exact) mass is 200 g/mol. The van der Waals surface area contributed by atoms with E-state index in [-0.39, 0.29) is 5.91 Å². The lowest BCUT2D eigenvalue weighted by Gasteiger charge is -2.39. The van der Waals surface area contributed by atoms with E-state index >= 15 is 0 Å². The molecule has 0 fully saturated rings. The number of rotatable bonds is 4. The fraction of sp³-hybridized carbons (Fsp3) is 0.909. The standard InChI is InChI=1S/C11H24N2O/c1-7-8-13(6)9(14)10(2,3)11(4,5)12/h7-8,12H2,1-6H3. The zero-order valence-corrected chi connectivity index (χ0v) is 10.3. The van der Waals surface area contributed by atoms with Gasteiger partial charge in [-0.25, -0.2) is 0 Å². The van der Waals surface area contributed by atoms with Crippen LogP contribution in [-0.4, -0.2) is 29.9 Å². The maximum Gasteiger partial charge on any atom is 0.229 e. The highest BCUT2D eigenvalue weighted by atomic mass is 16.2. The Labute approximate surface area is 87.6 Å². The molecule has 0 aromatic rings. The molecule has 0 heterocycles. The third kappa shape index (κ3) is 2.71. The average molecular weight is 200 g/mol. The van der Waals surface area contributed by atoms with Crippen LogP contribution in [0.4, 0.5) is 0 Å². The van der Waals surface area contributed by atoms with E-state index in [1.54, 1.807) is 4.90 Å². The van der Waals surface area contributed by atoms with Crippen LogP contribution < -0.4 is 5.73 Å². The highest BCUT2D eigenvalue weighted by molar-refractivity contribution is 5.83. The smallest absolute Gasteiger partial charge is 0.229 e. The van der Waals surface area contributed by atoms with Crippen molar-refractivity contribution in [3.63, 3.8) is 0 Å². The second kappa shape index (κ2) is 4.30. The van der Waals surface area contributed by atoms with Crippen molar-refractivity contribution >= 4 is 5.91 Å². The molecule has 0 aromatic heterocycles. The first kappa shape index (κ1) is 13.4. The molecule has 0 saturated carbocycles. The quantitative estimate of drug-likeness (QED) is 0.749. The Morgan fingerprint density at radius 3 is 2.00 bits per heavy atom. The van der Waals surface area contributed by atoms with Crippen LogP contribution in [0.5, 0.6) is 0 Å². The van der Waals surface area contributed by atoms with E-state index in [0.29, 0.717) is 0 Å². The van der Waals surface area contributed by atoms with Crippen molar-refractivity contribution in [1.29, 1.82) is 0 Å². The van der Waals surface area contributed by atoms with Gasteiger partial charge in [0.15, 0.2) is 0 Å². The Balaban J connectivity index is 4.67. The second-order valence-electron chi connectivity index (χ2n) is 5.07. The molecule has 0 radical (unpaired) electrons. The number of carbonyl (C=O) groups is 1. The van der Waals surface area contributed by atoms with Crippen molar-refractivity contribution in [2.45, 2.75) is 46.6 Å². The maximum atomic E-state index is 12.0. The van der Waals surface area contributed by atoms with Crippen molar-refractivity contribution in [3.05, 3.63) is 0 Å². The molecule has 0 aliphatic carbocycles. The molecule has 0 spiro atoms. The predicted octanol–water partition coefficient (Wildman–Crippen LogP) is 1.62. The Kier molecular flexibility index (Phi) is 4.13. The van der Waals surface area contributed by atoms with Gasteiger partial charge in [-0.3, -0.25) is 4.79 Å². The number of hydrogen-bond acceptors (Lipinski definition) is 2. The zero-order valence-electron chi connectivity index (χ0n) is 10.3. The van der Waals surface area contributed by atoms with Crippen LogP contribution in [-0.2, 0) is 4.79 Å². The fourth-order valence-corrected chi connectivity index (χ4v) is 1.19. The summed E-state index contributed by atoms with van der Waals surface area (Å²) in [4.78, 5) is 13.8. The van der Waals surface area contributed by atoms with Crippen molar-refractivity contribution in [2.75, 3.05) is 13.6 Å². The molecule has 0 unspecified atom stereocenters. The lowest BCUT2D eigenvalue weighted by molar-refractivity contribution is -0.142. The minimum absolute atomic E-state index is 0.117. The summed E-state index contributed by atoms with van der Waals surface area (Å²) in [6.07, 6.45) is 0.976. The second-order valence-corrected chi connectivity index (χ2v) is 5.07. The van der Waals surface area contributed by atoms with Crippen LogP contribution in [0.2, 0.25) is 0 Å². The Hall–Kier alpha value is -0.570. The Morgan fingerprint density at radius 1 is 1.29 bits per heavy atom. The lowest BCUT2D eigenvalue weighted by Crippen LogP contribution is -2.55. The van der Waals surface area contributed by atoms with Gasteiger partial charge in [0.2, 0.25) is 5.91 Å². The summed E-state index contributed by atoms with van der Waals surface area (Å²) in [7, 11) is 1.83. The molecule has 0 rings (SSSR count). The molecule has 0 bridgehead atoms. The molecule has 1 amide bonds. The number of carbonyl (C=O) groups excluding carboxylic acids is 1. The first-order valence-corrected chi connectivity index (χ1v) is 5.19. The molecular weight excluding hydrogens is 176 g/mol. The summed E-state index contributed by atoms with van der Waals surface area (Å²) < 4.78 is 0. The van der Waals surface area contributed by atoms with E-state index in [9.17, 15) is 4.79 Å². The summed E-state index contributed by atoms with van der Waals surface area (Å²) in [5, 5.41) is 0. The molecular formula is C11H24N2O. The SMILES string of the molecule is CCCN(C)C(=O)C(C)(C)C(C)(C)N. The minimum Gasteiger partial charge on any atom is -0.345 e. The third-order valence-electron chi connectivity index (χ3n) is 3.05. The maximum absolute atomic E-state index is 12.0. The molecule has 0 saturated heterocycles. The van der Waals surface area contributed by atoms with Crippen LogP contribution in [0, 0.1) is 5.41 Å². The van der Waals surface area contributed by atoms with Gasteiger partial charge in [0, 0.05) is 19.1 Å². The largest absolute Gasteiger partial charge is 0.345 e. The van der Waals surface area contributed by atoms with Gasteiger partial charge in [-0.15, -0.1) is 0 Å². The molecule has 3 nitrogen and oxygen atoms in total. The van der Waals surface area contributed by atoms with Gasteiger partial charge in [-0.1, -0.05) is 6.92 Å². The summed E-state index contributed by atoms with van der Waals surface area (Å²) in [5.41, 5.74) is 4.99. The third-order valence-corrected chi connectivity index (χ3v) is 3.05. The van der Waals surface area contributed by atoms with Gasteiger partial charge < -0.3 is 10.6 Å². The normalized spacial score (nSPS) is 12.8. The van der Waals surface area contributed by atoms with E-state index in [0.717, 1.165) is 13.0 Å². The van der Waals surface area contributed by atoms with Crippen LogP contribution in [0.3, 0.4) is 0 Å². The molecule has 0 aromatic carbocycles. The van der Waals surface area contributed by atoms with Crippen LogP contribution in [0.15, 0.2) is 0 Å². The van der Waals surface area contributed by atoms with Gasteiger partial charge in [-0.2, -0.15) is 0 Å². The van der Waals surface area contributed by atoms with E-state index in [1.807, 2.05) is 34.7 Å². The molecule has 0 aliphatic rings. The summed E-state index contributed by atoms with van der Waals surface area (Å²) in [6, 6.07) is 0. The molecule has 2 N–H and O–H groups in total. The number of hydrogen-bond donors (Lipinski definition) is 1. The molecule has 0 aliphatic heterocycles. The van der Waals surface area contributed by atoms with Crippen molar-refractivity contribution in [1.82, 2.24) is 4.90 Å². The van der Waals surface area contributed by atoms with Crippen LogP contribution in [0.25, 0.3) is 0 Å². The average Bonchev–Trinajstić information content (AvgIpc) is 2.01. The van der Waals surface area contributed by atoms with E-state index in [1.165, 1.54) is 0 Å². The van der Waals surface area contributed by atoms with Gasteiger partial charge in [0.05, 0.1) is 5.41 Å². The highest BCUT2D eigenvalue weighted by Crippen LogP contribution is 2.30. The first-order valence-electron chi connectivity index (χ1n) is 5.19. The topological polar surface area (TPSA) is 46.3 Å². The van der Waals surface area contributed by atoms with Crippen LogP contribution in [0.1, 0.15) is 41.0 Å². The van der Waals surface area contributed by atoms with E-state index in [4.69, 9.17) is 5.73 Å². The molecule has 3 heteroatoms. The van der Waals surface area contributed by atoms with Crippen molar-refractivity contribution in [2.24, 2.45) is 11.1 Å².